The first-order chi connectivity index (χ1) is 18.3. The van der Waals surface area contributed by atoms with Gasteiger partial charge in [-0.1, -0.05) is 30.3 Å². The standard InChI is InChI=1S/C27H22N4O5S2/c1-2-36-27(33)22-21(18-9-7-13-30-16-18)23(38(34,35)19-10-4-3-5-11-19)24(28)31-25(32)20(37-26(22)31)14-17-8-6-12-29-15-17/h3-16,21H,2,28H2,1H3/b20-14+. The lowest BCUT2D eigenvalue weighted by molar-refractivity contribution is -0.136. The maximum atomic E-state index is 14.1. The smallest absolute Gasteiger partial charge is 0.338 e. The predicted octanol–water partition coefficient (Wildman–Crippen LogP) is 1.60. The summed E-state index contributed by atoms with van der Waals surface area (Å²) in [4.78, 5) is 35.0. The first-order valence-corrected chi connectivity index (χ1v) is 13.9. The number of aromatic nitrogens is 3. The second kappa shape index (κ2) is 10.2. The van der Waals surface area contributed by atoms with E-state index in [2.05, 4.69) is 9.97 Å². The zero-order chi connectivity index (χ0) is 26.9. The van der Waals surface area contributed by atoms with Crippen molar-refractivity contribution >= 4 is 44.6 Å². The number of nitrogens with zero attached hydrogens (tertiary/aromatic N) is 3. The number of pyridine rings is 2. The van der Waals surface area contributed by atoms with Crippen LogP contribution < -0.4 is 20.5 Å². The number of thiazole rings is 1. The number of carbonyl (C=O) groups is 1. The highest BCUT2D eigenvalue weighted by Crippen LogP contribution is 2.41. The number of allylic oxidation sites excluding steroid dienone is 1. The van der Waals surface area contributed by atoms with Gasteiger partial charge in [-0.05, 0) is 48.4 Å². The summed E-state index contributed by atoms with van der Waals surface area (Å²) in [7, 11) is -4.28. The normalized spacial score (nSPS) is 15.9. The third-order valence-electron chi connectivity index (χ3n) is 5.94. The lowest BCUT2D eigenvalue weighted by Crippen LogP contribution is -2.41. The second-order valence-corrected chi connectivity index (χ2v) is 11.2. The molecule has 5 rings (SSSR count). The van der Waals surface area contributed by atoms with Gasteiger partial charge in [0.15, 0.2) is 0 Å². The molecule has 38 heavy (non-hydrogen) atoms. The maximum Gasteiger partial charge on any atom is 0.338 e. The van der Waals surface area contributed by atoms with Crippen LogP contribution in [0.1, 0.15) is 24.0 Å². The minimum Gasteiger partial charge on any atom is -0.463 e. The zero-order valence-electron chi connectivity index (χ0n) is 20.1. The van der Waals surface area contributed by atoms with Gasteiger partial charge in [0.05, 0.1) is 27.5 Å². The van der Waals surface area contributed by atoms with E-state index < -0.39 is 27.3 Å². The highest BCUT2D eigenvalue weighted by Gasteiger charge is 2.42. The Bertz CT molecular complexity index is 1830. The van der Waals surface area contributed by atoms with Gasteiger partial charge in [-0.25, -0.2) is 13.2 Å². The molecule has 0 bridgehead atoms. The number of rotatable bonds is 6. The van der Waals surface area contributed by atoms with Crippen LogP contribution in [0.25, 0.3) is 17.5 Å². The van der Waals surface area contributed by atoms with E-state index >= 15 is 0 Å². The summed E-state index contributed by atoms with van der Waals surface area (Å²) in [6, 6.07) is 14.5. The maximum absolute atomic E-state index is 14.1. The van der Waals surface area contributed by atoms with E-state index in [0.29, 0.717) is 11.1 Å². The van der Waals surface area contributed by atoms with Gasteiger partial charge in [-0.2, -0.15) is 0 Å². The van der Waals surface area contributed by atoms with Crippen LogP contribution in [-0.2, 0) is 19.4 Å². The molecule has 0 radical (unpaired) electrons. The van der Waals surface area contributed by atoms with Gasteiger partial charge in [0.25, 0.3) is 5.56 Å². The summed E-state index contributed by atoms with van der Waals surface area (Å²) in [6.45, 7) is 1.70. The summed E-state index contributed by atoms with van der Waals surface area (Å²) in [5.41, 5.74) is 7.06. The molecule has 1 aromatic carbocycles. The van der Waals surface area contributed by atoms with Crippen molar-refractivity contribution in [3.05, 3.63) is 115 Å². The van der Waals surface area contributed by atoms with Crippen LogP contribution in [-0.4, -0.2) is 35.5 Å². The van der Waals surface area contributed by atoms with E-state index in [-0.39, 0.29) is 37.0 Å². The van der Waals surface area contributed by atoms with Crippen molar-refractivity contribution in [1.82, 2.24) is 14.5 Å². The third kappa shape index (κ3) is 4.35. The second-order valence-electron chi connectivity index (χ2n) is 8.26. The van der Waals surface area contributed by atoms with Gasteiger partial charge in [0.2, 0.25) is 9.84 Å². The van der Waals surface area contributed by atoms with E-state index in [1.165, 1.54) is 24.5 Å². The molecule has 11 heteroatoms. The van der Waals surface area contributed by atoms with Gasteiger partial charge in [-0.15, -0.1) is 11.3 Å². The number of carbonyl (C=O) groups excluding carboxylic acids is 1. The van der Waals surface area contributed by atoms with Crippen LogP contribution in [0.3, 0.4) is 0 Å². The van der Waals surface area contributed by atoms with Crippen LogP contribution >= 0.6 is 11.3 Å². The summed E-state index contributed by atoms with van der Waals surface area (Å²) in [6.07, 6.45) is 7.82. The molecule has 1 aliphatic heterocycles. The van der Waals surface area contributed by atoms with Crippen LogP contribution in [0.15, 0.2) is 94.0 Å². The van der Waals surface area contributed by atoms with Gasteiger partial charge in [-0.3, -0.25) is 19.3 Å². The topological polar surface area (TPSA) is 134 Å². The first-order valence-electron chi connectivity index (χ1n) is 11.6. The van der Waals surface area contributed by atoms with E-state index in [1.807, 2.05) is 0 Å². The highest BCUT2D eigenvalue weighted by atomic mass is 32.2. The Labute approximate surface area is 221 Å². The van der Waals surface area contributed by atoms with E-state index in [0.717, 1.165) is 15.9 Å². The van der Waals surface area contributed by atoms with Crippen molar-refractivity contribution in [2.75, 3.05) is 6.61 Å². The van der Waals surface area contributed by atoms with Crippen LogP contribution in [0.4, 0.5) is 0 Å². The quantitative estimate of drug-likeness (QED) is 0.361. The average molecular weight is 547 g/mol. The summed E-state index contributed by atoms with van der Waals surface area (Å²) in [5, 5.41) is 0. The zero-order valence-corrected chi connectivity index (χ0v) is 21.8. The molecule has 3 aromatic heterocycles. The first kappa shape index (κ1) is 25.3. The van der Waals surface area contributed by atoms with Crippen molar-refractivity contribution in [2.24, 2.45) is 5.73 Å². The number of hydrogen-bond acceptors (Lipinski definition) is 9. The molecule has 9 nitrogen and oxygen atoms in total. The number of ether oxygens (including phenoxy) is 1. The Hall–Kier alpha value is -4.35. The number of benzene rings is 1. The van der Waals surface area contributed by atoms with Crippen molar-refractivity contribution in [3.8, 4) is 0 Å². The molecule has 1 unspecified atom stereocenters. The Morgan fingerprint density at radius 2 is 1.79 bits per heavy atom. The fourth-order valence-electron chi connectivity index (χ4n) is 4.30. The average Bonchev–Trinajstić information content (AvgIpc) is 3.25. The van der Waals surface area contributed by atoms with E-state index in [4.69, 9.17) is 10.5 Å². The molecular weight excluding hydrogens is 524 g/mol. The SMILES string of the molecule is CCOC(=O)C1=c2s/c(=C/c3cccnc3)c(=O)n2C(N)=C(S(=O)(=O)c2ccccc2)C1c1cccnc1. The highest BCUT2D eigenvalue weighted by molar-refractivity contribution is 7.95. The van der Waals surface area contributed by atoms with Gasteiger partial charge in [0, 0.05) is 24.8 Å². The molecule has 0 saturated carbocycles. The van der Waals surface area contributed by atoms with E-state index in [1.54, 1.807) is 67.9 Å². The molecule has 4 aromatic rings. The fourth-order valence-corrected chi connectivity index (χ4v) is 7.17. The van der Waals surface area contributed by atoms with Gasteiger partial charge < -0.3 is 10.5 Å². The van der Waals surface area contributed by atoms with Crippen molar-refractivity contribution in [2.45, 2.75) is 17.7 Å². The molecule has 1 atom stereocenters. The molecule has 4 heterocycles. The third-order valence-corrected chi connectivity index (χ3v) is 8.96. The lowest BCUT2D eigenvalue weighted by Gasteiger charge is -2.27. The molecule has 0 aliphatic carbocycles. The molecule has 0 saturated heterocycles. The van der Waals surface area contributed by atoms with Crippen molar-refractivity contribution in [3.63, 3.8) is 0 Å². The molecular formula is C27H22N4O5S2. The summed E-state index contributed by atoms with van der Waals surface area (Å²) >= 11 is 1.03. The fraction of sp³-hybridized carbons (Fsp3) is 0.111. The minimum absolute atomic E-state index is 0.00325. The van der Waals surface area contributed by atoms with Crippen LogP contribution in [0.2, 0.25) is 0 Å². The monoisotopic (exact) mass is 546 g/mol. The summed E-state index contributed by atoms with van der Waals surface area (Å²) < 4.78 is 35.1. The molecule has 192 valence electrons. The van der Waals surface area contributed by atoms with E-state index in [9.17, 15) is 18.0 Å². The van der Waals surface area contributed by atoms with Crippen molar-refractivity contribution in [1.29, 1.82) is 0 Å². The Morgan fingerprint density at radius 3 is 2.42 bits per heavy atom. The number of fused-ring (bicyclic) bond motifs is 1. The Balaban J connectivity index is 1.93. The lowest BCUT2D eigenvalue weighted by atomic mass is 9.90. The predicted molar refractivity (Wildman–Crippen MR) is 144 cm³/mol. The van der Waals surface area contributed by atoms with Gasteiger partial charge >= 0.3 is 5.97 Å². The Morgan fingerprint density at radius 1 is 1.08 bits per heavy atom. The Kier molecular flexibility index (Phi) is 6.79. The van der Waals surface area contributed by atoms with Gasteiger partial charge in [0.1, 0.15) is 15.4 Å². The molecule has 0 spiro atoms. The number of hydrogen-bond donors (Lipinski definition) is 1. The molecule has 0 fully saturated rings. The molecule has 0 amide bonds. The van der Waals surface area contributed by atoms with Crippen LogP contribution in [0.5, 0.6) is 0 Å². The summed E-state index contributed by atoms with van der Waals surface area (Å²) in [5.74, 6) is -2.19. The van der Waals surface area contributed by atoms with Crippen molar-refractivity contribution < 1.29 is 17.9 Å². The minimum atomic E-state index is -4.28. The van der Waals surface area contributed by atoms with Crippen LogP contribution in [0, 0.1) is 0 Å². The number of nitrogens with two attached hydrogens (primary N) is 1. The largest absolute Gasteiger partial charge is 0.463 e. The number of esters is 1. The molecule has 2 N–H and O–H groups in total. The number of sulfone groups is 1. The molecule has 1 aliphatic rings.